The van der Waals surface area contributed by atoms with E-state index in [2.05, 4.69) is 5.32 Å². The highest BCUT2D eigenvalue weighted by molar-refractivity contribution is 6.39. The van der Waals surface area contributed by atoms with E-state index in [-0.39, 0.29) is 12.7 Å². The second kappa shape index (κ2) is 6.56. The van der Waals surface area contributed by atoms with E-state index in [0.29, 0.717) is 40.0 Å². The molecule has 3 N–H and O–H groups in total. The van der Waals surface area contributed by atoms with Gasteiger partial charge in [0.1, 0.15) is 0 Å². The van der Waals surface area contributed by atoms with Crippen molar-refractivity contribution >= 4 is 40.5 Å². The van der Waals surface area contributed by atoms with Gasteiger partial charge in [0, 0.05) is 12.1 Å². The smallest absolute Gasteiger partial charge is 0.231 e. The lowest BCUT2D eigenvalue weighted by Crippen LogP contribution is -2.12. The lowest BCUT2D eigenvalue weighted by Gasteiger charge is -2.09. The number of fused-ring (bicyclic) bond motifs is 1. The Bertz CT molecular complexity index is 742. The van der Waals surface area contributed by atoms with Crippen molar-refractivity contribution in [1.82, 2.24) is 0 Å². The Hall–Kier alpha value is -2.11. The molecular formula is C16H14Cl2N2O3. The van der Waals surface area contributed by atoms with Crippen molar-refractivity contribution in [3.63, 3.8) is 0 Å². The number of benzene rings is 2. The number of carbonyl (C=O) groups excluding carboxylic acids is 1. The van der Waals surface area contributed by atoms with Crippen LogP contribution in [0, 0.1) is 0 Å². The molecule has 1 amide bonds. The van der Waals surface area contributed by atoms with Crippen LogP contribution in [-0.2, 0) is 11.2 Å². The van der Waals surface area contributed by atoms with Crippen LogP contribution in [0.4, 0.5) is 11.4 Å². The number of aryl methyl sites for hydroxylation is 1. The first-order valence-electron chi connectivity index (χ1n) is 6.96. The van der Waals surface area contributed by atoms with Gasteiger partial charge in [0.15, 0.2) is 11.5 Å². The SMILES string of the molecule is Nc1c(Cl)cc(NC(=O)CCc2ccc3c(c2)OCO3)cc1Cl. The summed E-state index contributed by atoms with van der Waals surface area (Å²) < 4.78 is 10.6. The number of rotatable bonds is 4. The number of ether oxygens (including phenoxy) is 2. The van der Waals surface area contributed by atoms with E-state index in [1.165, 1.54) is 0 Å². The summed E-state index contributed by atoms with van der Waals surface area (Å²) in [5, 5.41) is 3.37. The maximum Gasteiger partial charge on any atom is 0.231 e. The number of anilines is 2. The van der Waals surface area contributed by atoms with Crippen molar-refractivity contribution in [1.29, 1.82) is 0 Å². The van der Waals surface area contributed by atoms with E-state index >= 15 is 0 Å². The molecule has 0 aromatic heterocycles. The minimum absolute atomic E-state index is 0.139. The summed E-state index contributed by atoms with van der Waals surface area (Å²) in [6.45, 7) is 0.234. The average molecular weight is 353 g/mol. The molecule has 0 fully saturated rings. The highest BCUT2D eigenvalue weighted by Gasteiger charge is 2.14. The molecule has 0 aliphatic carbocycles. The zero-order valence-corrected chi connectivity index (χ0v) is 13.6. The molecule has 7 heteroatoms. The van der Waals surface area contributed by atoms with E-state index in [0.717, 1.165) is 11.3 Å². The molecule has 0 unspecified atom stereocenters. The van der Waals surface area contributed by atoms with E-state index in [1.807, 2.05) is 18.2 Å². The highest BCUT2D eigenvalue weighted by atomic mass is 35.5. The molecule has 3 rings (SSSR count). The number of nitrogens with two attached hydrogens (primary N) is 1. The zero-order chi connectivity index (χ0) is 16.4. The Morgan fingerprint density at radius 3 is 2.57 bits per heavy atom. The topological polar surface area (TPSA) is 73.6 Å². The second-order valence-corrected chi connectivity index (χ2v) is 5.90. The van der Waals surface area contributed by atoms with Crippen LogP contribution in [0.2, 0.25) is 10.0 Å². The lowest BCUT2D eigenvalue weighted by molar-refractivity contribution is -0.116. The minimum atomic E-state index is -0.139. The first-order valence-corrected chi connectivity index (χ1v) is 7.71. The zero-order valence-electron chi connectivity index (χ0n) is 12.1. The Kier molecular flexibility index (Phi) is 4.50. The van der Waals surface area contributed by atoms with Crippen LogP contribution in [0.5, 0.6) is 11.5 Å². The summed E-state index contributed by atoms with van der Waals surface area (Å²) in [6.07, 6.45) is 0.901. The first kappa shape index (κ1) is 15.8. The summed E-state index contributed by atoms with van der Waals surface area (Å²) in [4.78, 5) is 12.0. The fraction of sp³-hybridized carbons (Fsp3) is 0.188. The van der Waals surface area contributed by atoms with Crippen molar-refractivity contribution in [2.45, 2.75) is 12.8 Å². The minimum Gasteiger partial charge on any atom is -0.454 e. The van der Waals surface area contributed by atoms with Gasteiger partial charge < -0.3 is 20.5 Å². The number of hydrogen-bond donors (Lipinski definition) is 2. The number of hydrogen-bond acceptors (Lipinski definition) is 4. The summed E-state index contributed by atoms with van der Waals surface area (Å²) in [7, 11) is 0. The molecule has 0 radical (unpaired) electrons. The molecule has 0 atom stereocenters. The van der Waals surface area contributed by atoms with Crippen LogP contribution >= 0.6 is 23.2 Å². The molecule has 0 saturated heterocycles. The third kappa shape index (κ3) is 3.63. The molecule has 0 spiro atoms. The average Bonchev–Trinajstić information content (AvgIpc) is 2.98. The molecule has 1 aliphatic rings. The fourth-order valence-corrected chi connectivity index (χ4v) is 2.72. The summed E-state index contributed by atoms with van der Waals surface area (Å²) in [5.41, 5.74) is 7.48. The molecule has 5 nitrogen and oxygen atoms in total. The third-order valence-corrected chi connectivity index (χ3v) is 4.07. The van der Waals surface area contributed by atoms with Gasteiger partial charge in [-0.1, -0.05) is 29.3 Å². The number of nitrogen functional groups attached to an aromatic ring is 1. The Morgan fingerprint density at radius 2 is 1.83 bits per heavy atom. The van der Waals surface area contributed by atoms with Crippen molar-refractivity contribution in [2.75, 3.05) is 17.8 Å². The maximum absolute atomic E-state index is 12.0. The maximum atomic E-state index is 12.0. The standard InChI is InChI=1S/C16H14Cl2N2O3/c17-11-6-10(7-12(18)16(11)19)20-15(21)4-2-9-1-3-13-14(5-9)23-8-22-13/h1,3,5-7H,2,4,8,19H2,(H,20,21). The fourth-order valence-electron chi connectivity index (χ4n) is 2.23. The highest BCUT2D eigenvalue weighted by Crippen LogP contribution is 2.33. The molecule has 2 aromatic rings. The molecule has 0 bridgehead atoms. The van der Waals surface area contributed by atoms with Crippen molar-refractivity contribution < 1.29 is 14.3 Å². The van der Waals surface area contributed by atoms with Gasteiger partial charge in [-0.25, -0.2) is 0 Å². The van der Waals surface area contributed by atoms with Crippen LogP contribution in [-0.4, -0.2) is 12.7 Å². The summed E-state index contributed by atoms with van der Waals surface area (Å²) >= 11 is 11.9. The third-order valence-electron chi connectivity index (χ3n) is 3.44. The Balaban J connectivity index is 1.59. The van der Waals surface area contributed by atoms with Crippen molar-refractivity contribution in [2.24, 2.45) is 0 Å². The van der Waals surface area contributed by atoms with Gasteiger partial charge in [0.2, 0.25) is 12.7 Å². The quantitative estimate of drug-likeness (QED) is 0.819. The van der Waals surface area contributed by atoms with E-state index < -0.39 is 0 Å². The summed E-state index contributed by atoms with van der Waals surface area (Å²) in [5.74, 6) is 1.30. The van der Waals surface area contributed by atoms with E-state index in [9.17, 15) is 4.79 Å². The first-order chi connectivity index (χ1) is 11.0. The molecule has 1 heterocycles. The van der Waals surface area contributed by atoms with Gasteiger partial charge in [0.05, 0.1) is 15.7 Å². The number of amides is 1. The monoisotopic (exact) mass is 352 g/mol. The van der Waals surface area contributed by atoms with Crippen LogP contribution in [0.15, 0.2) is 30.3 Å². The largest absolute Gasteiger partial charge is 0.454 e. The van der Waals surface area contributed by atoms with Gasteiger partial charge in [0.25, 0.3) is 0 Å². The van der Waals surface area contributed by atoms with Crippen molar-refractivity contribution in [3.8, 4) is 11.5 Å². The summed E-state index contributed by atoms with van der Waals surface area (Å²) in [6, 6.07) is 8.78. The number of nitrogens with one attached hydrogen (secondary N) is 1. The van der Waals surface area contributed by atoms with Gasteiger partial charge >= 0.3 is 0 Å². The Morgan fingerprint density at radius 1 is 1.13 bits per heavy atom. The number of halogens is 2. The normalized spacial score (nSPS) is 12.3. The van der Waals surface area contributed by atoms with Gasteiger partial charge in [-0.15, -0.1) is 0 Å². The molecule has 2 aromatic carbocycles. The number of carbonyl (C=O) groups is 1. The van der Waals surface area contributed by atoms with Gasteiger partial charge in [-0.2, -0.15) is 0 Å². The lowest BCUT2D eigenvalue weighted by atomic mass is 10.1. The molecule has 120 valence electrons. The predicted octanol–water partition coefficient (Wildman–Crippen LogP) is 3.88. The van der Waals surface area contributed by atoms with E-state index in [4.69, 9.17) is 38.4 Å². The Labute approximate surface area is 143 Å². The molecular weight excluding hydrogens is 339 g/mol. The van der Waals surface area contributed by atoms with Crippen LogP contribution in [0.25, 0.3) is 0 Å². The molecule has 23 heavy (non-hydrogen) atoms. The van der Waals surface area contributed by atoms with Crippen molar-refractivity contribution in [3.05, 3.63) is 45.9 Å². The van der Waals surface area contributed by atoms with Crippen LogP contribution < -0.4 is 20.5 Å². The second-order valence-electron chi connectivity index (χ2n) is 5.09. The van der Waals surface area contributed by atoms with E-state index in [1.54, 1.807) is 12.1 Å². The molecule has 0 saturated carbocycles. The molecule has 1 aliphatic heterocycles. The van der Waals surface area contributed by atoms with Crippen LogP contribution in [0.1, 0.15) is 12.0 Å². The predicted molar refractivity (Wildman–Crippen MR) is 90.4 cm³/mol. The van der Waals surface area contributed by atoms with Gasteiger partial charge in [-0.3, -0.25) is 4.79 Å². The van der Waals surface area contributed by atoms with Crippen LogP contribution in [0.3, 0.4) is 0 Å². The van der Waals surface area contributed by atoms with Gasteiger partial charge in [-0.05, 0) is 36.2 Å².